The van der Waals surface area contributed by atoms with Gasteiger partial charge in [-0.2, -0.15) is 0 Å². The highest BCUT2D eigenvalue weighted by Gasteiger charge is 2.26. The van der Waals surface area contributed by atoms with Crippen LogP contribution in [0.1, 0.15) is 0 Å². The third-order valence-corrected chi connectivity index (χ3v) is 4.53. The van der Waals surface area contributed by atoms with Gasteiger partial charge in [-0.25, -0.2) is 4.79 Å². The predicted molar refractivity (Wildman–Crippen MR) is 105 cm³/mol. The molecule has 0 bridgehead atoms. The van der Waals surface area contributed by atoms with Crippen LogP contribution >= 0.6 is 0 Å². The van der Waals surface area contributed by atoms with Crippen LogP contribution in [0, 0.1) is 0 Å². The van der Waals surface area contributed by atoms with Crippen molar-refractivity contribution in [2.45, 2.75) is 0 Å². The number of hydrogen-bond acceptors (Lipinski definition) is 11. The molecule has 4 aromatic rings. The maximum Gasteiger partial charge on any atom is 0.348 e. The Morgan fingerprint density at radius 2 is 0.846 bits per heavy atom. The fourth-order valence-corrected chi connectivity index (χ4v) is 3.08. The van der Waals surface area contributed by atoms with E-state index in [0.29, 0.717) is 0 Å². The average Bonchev–Trinajstić information content (AvgIpc) is 3.02. The lowest BCUT2D eigenvalue weighted by Crippen LogP contribution is -2.08. The molecule has 2 aromatic heterocycles. The molecule has 0 fully saturated rings. The van der Waals surface area contributed by atoms with Crippen LogP contribution in [0.4, 0.5) is 45.5 Å². The minimum absolute atomic E-state index is 0.00104. The second kappa shape index (κ2) is 4.47. The molecule has 0 atom stereocenters. The summed E-state index contributed by atoms with van der Waals surface area (Å²) in [5.74, 6) is 0. The molecule has 0 saturated heterocycles. The van der Waals surface area contributed by atoms with Crippen molar-refractivity contribution >= 4 is 78.4 Å². The molecule has 0 radical (unpaired) electrons. The molecular weight excluding hydrogens is 340 g/mol. The van der Waals surface area contributed by atoms with Gasteiger partial charge < -0.3 is 54.7 Å². The van der Waals surface area contributed by atoms with E-state index < -0.39 is 5.63 Å². The molecule has 11 nitrogen and oxygen atoms in total. The molecule has 16 N–H and O–H groups in total. The molecule has 2 heterocycles. The minimum Gasteiger partial charge on any atom is -0.453 e. The monoisotopic (exact) mass is 356 g/mol. The highest BCUT2D eigenvalue weighted by molar-refractivity contribution is 6.26. The Hall–Kier alpha value is -4.15. The van der Waals surface area contributed by atoms with E-state index in [-0.39, 0.29) is 78.4 Å². The quantitative estimate of drug-likeness (QED) is 0.157. The fraction of sp³-hybridized carbons (Fsp3) is 0. The molecule has 0 unspecified atom stereocenters. The van der Waals surface area contributed by atoms with Gasteiger partial charge in [0.1, 0.15) is 16.8 Å². The molecule has 11 heteroatoms. The smallest absolute Gasteiger partial charge is 0.348 e. The van der Waals surface area contributed by atoms with Crippen molar-refractivity contribution in [3.8, 4) is 0 Å². The number of nitrogens with two attached hydrogens (primary N) is 8. The van der Waals surface area contributed by atoms with E-state index in [1.54, 1.807) is 0 Å². The number of hydrogen-bond donors (Lipinski definition) is 8. The van der Waals surface area contributed by atoms with E-state index in [0.717, 1.165) is 0 Å². The molecule has 0 spiro atoms. The molecule has 0 saturated carbocycles. The maximum atomic E-state index is 12.6. The third-order valence-electron chi connectivity index (χ3n) is 4.53. The number of nitrogen functional groups attached to an aromatic ring is 8. The number of anilines is 8. The Labute approximate surface area is 144 Å². The molecule has 26 heavy (non-hydrogen) atoms. The first kappa shape index (κ1) is 15.4. The van der Waals surface area contributed by atoms with Crippen molar-refractivity contribution in [2.24, 2.45) is 0 Å². The molecule has 0 aliphatic carbocycles. The molecule has 134 valence electrons. The van der Waals surface area contributed by atoms with E-state index in [2.05, 4.69) is 0 Å². The molecule has 0 aliphatic heterocycles. The van der Waals surface area contributed by atoms with Gasteiger partial charge in [0.05, 0.1) is 44.9 Å². The van der Waals surface area contributed by atoms with Gasteiger partial charge in [0.15, 0.2) is 16.7 Å². The Morgan fingerprint density at radius 3 is 1.38 bits per heavy atom. The van der Waals surface area contributed by atoms with E-state index in [1.807, 2.05) is 0 Å². The zero-order valence-corrected chi connectivity index (χ0v) is 13.3. The summed E-state index contributed by atoms with van der Waals surface area (Å²) < 4.78 is 11.1. The van der Waals surface area contributed by atoms with E-state index >= 15 is 0 Å². The van der Waals surface area contributed by atoms with Crippen molar-refractivity contribution in [3.05, 3.63) is 10.4 Å². The Bertz CT molecular complexity index is 1340. The summed E-state index contributed by atoms with van der Waals surface area (Å²) in [6, 6.07) is 0. The lowest BCUT2D eigenvalue weighted by molar-refractivity contribution is 0.568. The van der Waals surface area contributed by atoms with Crippen molar-refractivity contribution in [3.63, 3.8) is 0 Å². The average molecular weight is 356 g/mol. The van der Waals surface area contributed by atoms with Crippen LogP contribution < -0.4 is 51.5 Å². The lowest BCUT2D eigenvalue weighted by Gasteiger charge is -2.11. The molecule has 0 amide bonds. The van der Waals surface area contributed by atoms with Gasteiger partial charge in [0, 0.05) is 0 Å². The summed E-state index contributed by atoms with van der Waals surface area (Å²) in [5.41, 5.74) is 46.9. The van der Waals surface area contributed by atoms with Crippen molar-refractivity contribution in [2.75, 3.05) is 45.9 Å². The second-order valence-electron chi connectivity index (χ2n) is 5.91. The van der Waals surface area contributed by atoms with Crippen LogP contribution in [0.15, 0.2) is 13.6 Å². The van der Waals surface area contributed by atoms with Gasteiger partial charge in [-0.1, -0.05) is 0 Å². The predicted octanol–water partition coefficient (Wildman–Crippen LogP) is 0.350. The maximum absolute atomic E-state index is 12.6. The van der Waals surface area contributed by atoms with E-state index in [4.69, 9.17) is 54.7 Å². The Balaban J connectivity index is 2.44. The van der Waals surface area contributed by atoms with Crippen molar-refractivity contribution in [1.29, 1.82) is 0 Å². The Kier molecular flexibility index (Phi) is 2.65. The summed E-state index contributed by atoms with van der Waals surface area (Å²) in [4.78, 5) is 12.6. The summed E-state index contributed by atoms with van der Waals surface area (Å²) in [7, 11) is 0. The van der Waals surface area contributed by atoms with Gasteiger partial charge >= 0.3 is 5.63 Å². The zero-order chi connectivity index (χ0) is 19.1. The molecule has 0 aliphatic rings. The minimum atomic E-state index is -0.781. The molecular formula is C15H16N8O3. The lowest BCUT2D eigenvalue weighted by atomic mass is 10.0. The largest absolute Gasteiger partial charge is 0.453 e. The van der Waals surface area contributed by atoms with E-state index in [9.17, 15) is 4.79 Å². The van der Waals surface area contributed by atoms with Crippen LogP contribution in [0.25, 0.3) is 32.9 Å². The molecule has 2 aromatic carbocycles. The van der Waals surface area contributed by atoms with Gasteiger partial charge in [0.2, 0.25) is 0 Å². The zero-order valence-electron chi connectivity index (χ0n) is 13.3. The summed E-state index contributed by atoms with van der Waals surface area (Å²) in [6.45, 7) is 0. The van der Waals surface area contributed by atoms with Gasteiger partial charge in [-0.05, 0) is 0 Å². The summed E-state index contributed by atoms with van der Waals surface area (Å²) in [6.07, 6.45) is 0. The van der Waals surface area contributed by atoms with Crippen LogP contribution in [-0.4, -0.2) is 0 Å². The van der Waals surface area contributed by atoms with Crippen LogP contribution in [0.2, 0.25) is 0 Å². The Morgan fingerprint density at radius 1 is 0.423 bits per heavy atom. The van der Waals surface area contributed by atoms with Crippen molar-refractivity contribution in [1.82, 2.24) is 0 Å². The topological polar surface area (TPSA) is 252 Å². The first-order chi connectivity index (χ1) is 12.2. The first-order valence-corrected chi connectivity index (χ1v) is 7.33. The number of rotatable bonds is 0. The summed E-state index contributed by atoms with van der Waals surface area (Å²) >= 11 is 0. The van der Waals surface area contributed by atoms with Crippen LogP contribution in [0.5, 0.6) is 0 Å². The fourth-order valence-electron chi connectivity index (χ4n) is 3.08. The summed E-state index contributed by atoms with van der Waals surface area (Å²) in [5, 5.41) is 0.350. The number of fused-ring (bicyclic) bond motifs is 5. The third kappa shape index (κ3) is 1.53. The van der Waals surface area contributed by atoms with Crippen molar-refractivity contribution < 1.29 is 8.83 Å². The van der Waals surface area contributed by atoms with E-state index in [1.165, 1.54) is 0 Å². The van der Waals surface area contributed by atoms with Crippen LogP contribution in [-0.2, 0) is 0 Å². The second-order valence-corrected chi connectivity index (χ2v) is 5.91. The van der Waals surface area contributed by atoms with Gasteiger partial charge in [-0.3, -0.25) is 0 Å². The van der Waals surface area contributed by atoms with Gasteiger partial charge in [-0.15, -0.1) is 0 Å². The number of furan rings is 1. The molecule has 4 rings (SSSR count). The van der Waals surface area contributed by atoms with Crippen LogP contribution in [0.3, 0.4) is 0 Å². The standard InChI is InChI=1S/C15H16N8O3/c16-4-1-2-12(25-13(1)10(22)8(20)6(4)18)3-5(17)7(19)9(21)11(23)14(3)26-15(2)24/h16-23H2. The first-order valence-electron chi connectivity index (χ1n) is 7.33. The highest BCUT2D eigenvalue weighted by atomic mass is 16.4. The highest BCUT2D eigenvalue weighted by Crippen LogP contribution is 2.47. The van der Waals surface area contributed by atoms with Gasteiger partial charge in [0.25, 0.3) is 0 Å². The normalized spacial score (nSPS) is 11.7. The SMILES string of the molecule is Nc1c(N)c(N)c2c(oc(=O)c3c2oc2c(N)c(N)c(N)c(N)c23)c1N. The number of benzene rings is 2.